The molecule has 0 radical (unpaired) electrons. The SMILES string of the molecule is CCCCN(C)CCN=C(NCC)NC1CCN(c2cc(OC)cc(OC)c2)CC1.I. The quantitative estimate of drug-likeness (QED) is 0.251. The molecule has 2 rings (SSSR count). The van der Waals surface area contributed by atoms with Crippen LogP contribution in [-0.2, 0) is 0 Å². The number of hydrogen-bond acceptors (Lipinski definition) is 5. The zero-order valence-electron chi connectivity index (χ0n) is 19.9. The number of methoxy groups -OCH3 is 2. The van der Waals surface area contributed by atoms with Crippen molar-refractivity contribution in [3.8, 4) is 11.5 Å². The van der Waals surface area contributed by atoms with Gasteiger partial charge in [-0.3, -0.25) is 4.99 Å². The lowest BCUT2D eigenvalue weighted by Gasteiger charge is -2.35. The van der Waals surface area contributed by atoms with E-state index in [0.717, 1.165) is 75.3 Å². The van der Waals surface area contributed by atoms with Crippen LogP contribution < -0.4 is 25.0 Å². The molecule has 8 heteroatoms. The molecule has 0 aliphatic carbocycles. The highest BCUT2D eigenvalue weighted by Crippen LogP contribution is 2.30. The third-order valence-electron chi connectivity index (χ3n) is 5.53. The summed E-state index contributed by atoms with van der Waals surface area (Å²) in [4.78, 5) is 9.54. The molecular formula is C23H42IN5O2. The van der Waals surface area contributed by atoms with E-state index >= 15 is 0 Å². The fourth-order valence-electron chi connectivity index (χ4n) is 3.64. The van der Waals surface area contributed by atoms with Crippen molar-refractivity contribution in [3.05, 3.63) is 18.2 Å². The molecule has 0 unspecified atom stereocenters. The molecule has 0 amide bonds. The van der Waals surface area contributed by atoms with Crippen molar-refractivity contribution in [1.82, 2.24) is 15.5 Å². The molecule has 1 heterocycles. The van der Waals surface area contributed by atoms with E-state index < -0.39 is 0 Å². The van der Waals surface area contributed by atoms with E-state index in [4.69, 9.17) is 14.5 Å². The highest BCUT2D eigenvalue weighted by atomic mass is 127. The van der Waals surface area contributed by atoms with Gasteiger partial charge >= 0.3 is 0 Å². The summed E-state index contributed by atoms with van der Waals surface area (Å²) >= 11 is 0. The Balaban J connectivity index is 0.00000480. The van der Waals surface area contributed by atoms with Gasteiger partial charge in [0.2, 0.25) is 0 Å². The van der Waals surface area contributed by atoms with Crippen LogP contribution in [0.25, 0.3) is 0 Å². The Morgan fingerprint density at radius 3 is 2.29 bits per heavy atom. The molecule has 0 saturated carbocycles. The van der Waals surface area contributed by atoms with Gasteiger partial charge < -0.3 is 29.9 Å². The number of aliphatic imine (C=N–C) groups is 1. The second kappa shape index (κ2) is 15.4. The number of benzene rings is 1. The van der Waals surface area contributed by atoms with Crippen LogP contribution in [0.4, 0.5) is 5.69 Å². The van der Waals surface area contributed by atoms with Crippen LogP contribution in [-0.4, -0.2) is 77.4 Å². The first-order valence-electron chi connectivity index (χ1n) is 11.3. The lowest BCUT2D eigenvalue weighted by Crippen LogP contribution is -2.49. The number of nitrogens with zero attached hydrogens (tertiary/aromatic N) is 3. The topological polar surface area (TPSA) is 61.4 Å². The van der Waals surface area contributed by atoms with Crippen LogP contribution >= 0.6 is 24.0 Å². The van der Waals surface area contributed by atoms with Crippen LogP contribution in [0, 0.1) is 0 Å². The molecule has 0 spiro atoms. The largest absolute Gasteiger partial charge is 0.497 e. The maximum absolute atomic E-state index is 5.42. The summed E-state index contributed by atoms with van der Waals surface area (Å²) in [6, 6.07) is 6.51. The summed E-state index contributed by atoms with van der Waals surface area (Å²) in [6.45, 7) is 10.2. The summed E-state index contributed by atoms with van der Waals surface area (Å²) in [7, 11) is 5.56. The number of unbranched alkanes of at least 4 members (excludes halogenated alkanes) is 1. The molecule has 0 aromatic heterocycles. The first-order chi connectivity index (χ1) is 14.6. The standard InChI is InChI=1S/C23H41N5O2.HI/c1-6-8-12-27(3)15-11-25-23(24-7-2)26-19-9-13-28(14-10-19)20-16-21(29-4)18-22(17-20)30-5;/h16-19H,6-15H2,1-5H3,(H2,24,25,26);1H. The first kappa shape index (κ1) is 27.6. The van der Waals surface area contributed by atoms with E-state index in [1.807, 2.05) is 6.07 Å². The van der Waals surface area contributed by atoms with Gasteiger partial charge in [0.15, 0.2) is 5.96 Å². The van der Waals surface area contributed by atoms with E-state index in [2.05, 4.69) is 53.5 Å². The van der Waals surface area contributed by atoms with Gasteiger partial charge in [-0.15, -0.1) is 24.0 Å². The average Bonchev–Trinajstić information content (AvgIpc) is 2.77. The van der Waals surface area contributed by atoms with Crippen LogP contribution in [0.15, 0.2) is 23.2 Å². The van der Waals surface area contributed by atoms with Crippen molar-refractivity contribution in [2.24, 2.45) is 4.99 Å². The molecule has 7 nitrogen and oxygen atoms in total. The number of nitrogens with one attached hydrogen (secondary N) is 2. The fourth-order valence-corrected chi connectivity index (χ4v) is 3.64. The van der Waals surface area contributed by atoms with Gasteiger partial charge in [-0.2, -0.15) is 0 Å². The minimum atomic E-state index is 0. The normalized spacial score (nSPS) is 14.9. The van der Waals surface area contributed by atoms with E-state index in [-0.39, 0.29) is 24.0 Å². The maximum Gasteiger partial charge on any atom is 0.191 e. The minimum Gasteiger partial charge on any atom is -0.497 e. The van der Waals surface area contributed by atoms with Crippen molar-refractivity contribution < 1.29 is 9.47 Å². The third-order valence-corrected chi connectivity index (χ3v) is 5.53. The van der Waals surface area contributed by atoms with Crippen LogP contribution in [0.1, 0.15) is 39.5 Å². The number of hydrogen-bond donors (Lipinski definition) is 2. The van der Waals surface area contributed by atoms with E-state index in [1.54, 1.807) is 14.2 Å². The average molecular weight is 548 g/mol. The smallest absolute Gasteiger partial charge is 0.191 e. The van der Waals surface area contributed by atoms with E-state index in [1.165, 1.54) is 12.8 Å². The lowest BCUT2D eigenvalue weighted by atomic mass is 10.0. The van der Waals surface area contributed by atoms with Crippen molar-refractivity contribution in [1.29, 1.82) is 0 Å². The Labute approximate surface area is 206 Å². The molecule has 1 saturated heterocycles. The summed E-state index contributed by atoms with van der Waals surface area (Å²) in [5, 5.41) is 7.03. The number of guanidine groups is 1. The minimum absolute atomic E-state index is 0. The predicted octanol–water partition coefficient (Wildman–Crippen LogP) is 3.58. The van der Waals surface area contributed by atoms with Crippen LogP contribution in [0.3, 0.4) is 0 Å². The molecule has 2 N–H and O–H groups in total. The molecule has 0 atom stereocenters. The summed E-state index contributed by atoms with van der Waals surface area (Å²) in [5.74, 6) is 2.59. The van der Waals surface area contributed by atoms with Crippen molar-refractivity contribution in [2.45, 2.75) is 45.6 Å². The van der Waals surface area contributed by atoms with Crippen molar-refractivity contribution in [2.75, 3.05) is 65.4 Å². The van der Waals surface area contributed by atoms with E-state index in [9.17, 15) is 0 Å². The number of piperidine rings is 1. The van der Waals surface area contributed by atoms with Gasteiger partial charge in [-0.05, 0) is 39.8 Å². The number of ether oxygens (including phenoxy) is 2. The third kappa shape index (κ3) is 9.72. The number of halogens is 1. The number of rotatable bonds is 11. The van der Waals surface area contributed by atoms with Gasteiger partial charge in [0.1, 0.15) is 11.5 Å². The zero-order chi connectivity index (χ0) is 21.8. The predicted molar refractivity (Wildman–Crippen MR) is 142 cm³/mol. The molecule has 1 aromatic rings. The molecule has 1 fully saturated rings. The van der Waals surface area contributed by atoms with Gasteiger partial charge in [0, 0.05) is 56.1 Å². The molecule has 178 valence electrons. The van der Waals surface area contributed by atoms with Crippen molar-refractivity contribution in [3.63, 3.8) is 0 Å². The van der Waals surface area contributed by atoms with Gasteiger partial charge in [0.05, 0.1) is 20.8 Å². The Morgan fingerprint density at radius 2 is 1.74 bits per heavy atom. The summed E-state index contributed by atoms with van der Waals surface area (Å²) in [6.07, 6.45) is 4.62. The lowest BCUT2D eigenvalue weighted by molar-refractivity contribution is 0.337. The molecular weight excluding hydrogens is 505 g/mol. The second-order valence-electron chi connectivity index (χ2n) is 7.89. The highest BCUT2D eigenvalue weighted by Gasteiger charge is 2.21. The maximum atomic E-state index is 5.42. The van der Waals surface area contributed by atoms with Gasteiger partial charge in [0.25, 0.3) is 0 Å². The summed E-state index contributed by atoms with van der Waals surface area (Å²) < 4.78 is 10.8. The number of likely N-dealkylation sites (N-methyl/N-ethyl adjacent to an activating group) is 1. The highest BCUT2D eigenvalue weighted by molar-refractivity contribution is 14.0. The Hall–Kier alpha value is -1.42. The Bertz CT molecular complexity index is 629. The molecule has 1 aliphatic heterocycles. The van der Waals surface area contributed by atoms with E-state index in [0.29, 0.717) is 6.04 Å². The second-order valence-corrected chi connectivity index (χ2v) is 7.89. The van der Waals surface area contributed by atoms with Gasteiger partial charge in [-0.25, -0.2) is 0 Å². The first-order valence-corrected chi connectivity index (χ1v) is 11.3. The van der Waals surface area contributed by atoms with Crippen molar-refractivity contribution >= 4 is 35.6 Å². The Morgan fingerprint density at radius 1 is 1.10 bits per heavy atom. The Kier molecular flexibility index (Phi) is 13.7. The number of anilines is 1. The molecule has 0 bridgehead atoms. The molecule has 31 heavy (non-hydrogen) atoms. The van der Waals surface area contributed by atoms with Crippen LogP contribution in [0.2, 0.25) is 0 Å². The monoisotopic (exact) mass is 547 g/mol. The summed E-state index contributed by atoms with van der Waals surface area (Å²) in [5.41, 5.74) is 1.15. The molecule has 1 aromatic carbocycles. The fraction of sp³-hybridized carbons (Fsp3) is 0.696. The zero-order valence-corrected chi connectivity index (χ0v) is 22.3. The van der Waals surface area contributed by atoms with Crippen LogP contribution in [0.5, 0.6) is 11.5 Å². The molecule has 1 aliphatic rings. The van der Waals surface area contributed by atoms with Gasteiger partial charge in [-0.1, -0.05) is 13.3 Å².